The molecule has 1 heterocycles. The lowest BCUT2D eigenvalue weighted by atomic mass is 10.0. The largest absolute Gasteiger partial charge is 0.480 e. The molecule has 1 rings (SSSR count). The first-order valence-corrected chi connectivity index (χ1v) is 6.55. The van der Waals surface area contributed by atoms with Gasteiger partial charge in [-0.3, -0.25) is 4.79 Å². The maximum Gasteiger partial charge on any atom is 0.323 e. The van der Waals surface area contributed by atoms with Crippen LogP contribution in [0.15, 0.2) is 0 Å². The third kappa shape index (κ3) is 4.70. The molecule has 0 bridgehead atoms. The lowest BCUT2D eigenvalue weighted by Gasteiger charge is -2.35. The maximum absolute atomic E-state index is 12.1. The molecule has 110 valence electrons. The standard InChI is InChI=1S/C13H24N2O4/c1-12(2,3)15(8-10(16)17)11(18)14-9-13(4)6-5-7-19-13/h5-9H2,1-4H3,(H,14,18)(H,16,17). The van der Waals surface area contributed by atoms with Crippen molar-refractivity contribution >= 4 is 12.0 Å². The van der Waals surface area contributed by atoms with Crippen molar-refractivity contribution in [1.82, 2.24) is 10.2 Å². The molecule has 1 aliphatic rings. The monoisotopic (exact) mass is 272 g/mol. The van der Waals surface area contributed by atoms with Crippen molar-refractivity contribution in [3.8, 4) is 0 Å². The number of hydrogen-bond donors (Lipinski definition) is 2. The molecule has 6 nitrogen and oxygen atoms in total. The minimum Gasteiger partial charge on any atom is -0.480 e. The van der Waals surface area contributed by atoms with E-state index in [4.69, 9.17) is 9.84 Å². The number of carbonyl (C=O) groups excluding carboxylic acids is 1. The van der Waals surface area contributed by atoms with E-state index in [0.717, 1.165) is 12.8 Å². The van der Waals surface area contributed by atoms with Crippen LogP contribution in [-0.2, 0) is 9.53 Å². The normalized spacial score (nSPS) is 23.2. The van der Waals surface area contributed by atoms with E-state index in [1.807, 2.05) is 27.7 Å². The van der Waals surface area contributed by atoms with Gasteiger partial charge in [0, 0.05) is 18.7 Å². The Morgan fingerprint density at radius 3 is 2.47 bits per heavy atom. The minimum atomic E-state index is -1.02. The minimum absolute atomic E-state index is 0.313. The number of nitrogens with one attached hydrogen (secondary N) is 1. The molecule has 0 aliphatic carbocycles. The Kier molecular flexibility index (Phi) is 4.79. The van der Waals surface area contributed by atoms with Gasteiger partial charge in [-0.15, -0.1) is 0 Å². The van der Waals surface area contributed by atoms with E-state index in [0.29, 0.717) is 13.2 Å². The van der Waals surface area contributed by atoms with Crippen LogP contribution in [-0.4, -0.2) is 52.8 Å². The van der Waals surface area contributed by atoms with Crippen molar-refractivity contribution in [2.45, 2.75) is 51.7 Å². The van der Waals surface area contributed by atoms with E-state index < -0.39 is 11.5 Å². The maximum atomic E-state index is 12.1. The second-order valence-corrected chi connectivity index (χ2v) is 6.21. The highest BCUT2D eigenvalue weighted by Crippen LogP contribution is 2.24. The number of rotatable bonds is 4. The summed E-state index contributed by atoms with van der Waals surface area (Å²) in [7, 11) is 0. The lowest BCUT2D eigenvalue weighted by molar-refractivity contribution is -0.138. The second-order valence-electron chi connectivity index (χ2n) is 6.21. The topological polar surface area (TPSA) is 78.9 Å². The Morgan fingerprint density at radius 2 is 2.05 bits per heavy atom. The molecule has 1 fully saturated rings. The second kappa shape index (κ2) is 5.77. The number of carboxylic acid groups (broad SMARTS) is 1. The predicted molar refractivity (Wildman–Crippen MR) is 71.1 cm³/mol. The Balaban J connectivity index is 2.59. The summed E-state index contributed by atoms with van der Waals surface area (Å²) < 4.78 is 5.59. The summed E-state index contributed by atoms with van der Waals surface area (Å²) in [6, 6.07) is -0.369. The van der Waals surface area contributed by atoms with Crippen LogP contribution in [0, 0.1) is 0 Å². The lowest BCUT2D eigenvalue weighted by Crippen LogP contribution is -2.54. The van der Waals surface area contributed by atoms with Crippen molar-refractivity contribution in [2.24, 2.45) is 0 Å². The van der Waals surface area contributed by atoms with Crippen LogP contribution in [0.2, 0.25) is 0 Å². The highest BCUT2D eigenvalue weighted by atomic mass is 16.5. The number of urea groups is 1. The third-order valence-corrected chi connectivity index (χ3v) is 3.26. The number of carboxylic acids is 1. The molecule has 0 saturated carbocycles. The molecule has 2 N–H and O–H groups in total. The summed E-state index contributed by atoms with van der Waals surface area (Å²) >= 11 is 0. The fraction of sp³-hybridized carbons (Fsp3) is 0.846. The van der Waals surface area contributed by atoms with Gasteiger partial charge in [0.25, 0.3) is 0 Å². The van der Waals surface area contributed by atoms with Crippen molar-refractivity contribution in [1.29, 1.82) is 0 Å². The highest BCUT2D eigenvalue weighted by Gasteiger charge is 2.33. The van der Waals surface area contributed by atoms with Crippen LogP contribution >= 0.6 is 0 Å². The fourth-order valence-electron chi connectivity index (χ4n) is 2.08. The van der Waals surface area contributed by atoms with E-state index in [2.05, 4.69) is 5.32 Å². The predicted octanol–water partition coefficient (Wildman–Crippen LogP) is 1.45. The molecule has 1 saturated heterocycles. The molecular formula is C13H24N2O4. The van der Waals surface area contributed by atoms with Crippen LogP contribution in [0.5, 0.6) is 0 Å². The van der Waals surface area contributed by atoms with Crippen molar-refractivity contribution in [3.05, 3.63) is 0 Å². The number of nitrogens with zero attached hydrogens (tertiary/aromatic N) is 1. The Hall–Kier alpha value is -1.30. The van der Waals surface area contributed by atoms with Gasteiger partial charge in [-0.05, 0) is 40.5 Å². The zero-order chi connectivity index (χ0) is 14.7. The van der Waals surface area contributed by atoms with Crippen molar-refractivity contribution in [3.63, 3.8) is 0 Å². The summed E-state index contributed by atoms with van der Waals surface area (Å²) in [5, 5.41) is 11.7. The quantitative estimate of drug-likeness (QED) is 0.812. The van der Waals surface area contributed by atoms with E-state index in [9.17, 15) is 9.59 Å². The number of carbonyl (C=O) groups is 2. The Labute approximate surface area is 114 Å². The van der Waals surface area contributed by atoms with Gasteiger partial charge in [0.2, 0.25) is 0 Å². The number of amides is 2. The molecule has 2 amide bonds. The number of ether oxygens (including phenoxy) is 1. The fourth-order valence-corrected chi connectivity index (χ4v) is 2.08. The summed E-state index contributed by atoms with van der Waals surface area (Å²) in [5.74, 6) is -1.02. The molecule has 0 aromatic carbocycles. The zero-order valence-electron chi connectivity index (χ0n) is 12.2. The van der Waals surface area contributed by atoms with Crippen molar-refractivity contribution in [2.75, 3.05) is 19.7 Å². The van der Waals surface area contributed by atoms with Crippen LogP contribution in [0.1, 0.15) is 40.5 Å². The number of aliphatic carboxylic acids is 1. The summed E-state index contributed by atoms with van der Waals surface area (Å²) in [6.07, 6.45) is 1.90. The van der Waals surface area contributed by atoms with Gasteiger partial charge < -0.3 is 20.1 Å². The van der Waals surface area contributed by atoms with E-state index in [-0.39, 0.29) is 18.2 Å². The molecule has 1 atom stereocenters. The first-order chi connectivity index (χ1) is 8.64. The molecule has 0 aromatic rings. The van der Waals surface area contributed by atoms with Crippen molar-refractivity contribution < 1.29 is 19.4 Å². The van der Waals surface area contributed by atoms with Gasteiger partial charge >= 0.3 is 12.0 Å². The SMILES string of the molecule is CC1(CNC(=O)N(CC(=O)O)C(C)(C)C)CCCO1. The van der Waals surface area contributed by atoms with Gasteiger partial charge in [0.1, 0.15) is 6.54 Å². The smallest absolute Gasteiger partial charge is 0.323 e. The molecule has 0 spiro atoms. The summed E-state index contributed by atoms with van der Waals surface area (Å²) in [6.45, 7) is 8.18. The average molecular weight is 272 g/mol. The van der Waals surface area contributed by atoms with Gasteiger partial charge in [-0.1, -0.05) is 0 Å². The Bertz CT molecular complexity index is 343. The highest BCUT2D eigenvalue weighted by molar-refractivity contribution is 5.80. The van der Waals surface area contributed by atoms with Crippen LogP contribution in [0.25, 0.3) is 0 Å². The van der Waals surface area contributed by atoms with Crippen LogP contribution in [0.4, 0.5) is 4.79 Å². The zero-order valence-corrected chi connectivity index (χ0v) is 12.2. The summed E-state index contributed by atoms with van der Waals surface area (Å²) in [5.41, 5.74) is -0.873. The van der Waals surface area contributed by atoms with Crippen LogP contribution in [0.3, 0.4) is 0 Å². The molecule has 19 heavy (non-hydrogen) atoms. The Morgan fingerprint density at radius 1 is 1.42 bits per heavy atom. The van der Waals surface area contributed by atoms with Gasteiger partial charge in [0.15, 0.2) is 0 Å². The van der Waals surface area contributed by atoms with Crippen LogP contribution < -0.4 is 5.32 Å². The van der Waals surface area contributed by atoms with Gasteiger partial charge in [0.05, 0.1) is 5.60 Å². The molecule has 0 radical (unpaired) electrons. The molecule has 1 unspecified atom stereocenters. The van der Waals surface area contributed by atoms with E-state index >= 15 is 0 Å². The third-order valence-electron chi connectivity index (χ3n) is 3.26. The van der Waals surface area contributed by atoms with Gasteiger partial charge in [-0.25, -0.2) is 4.79 Å². The van der Waals surface area contributed by atoms with E-state index in [1.54, 1.807) is 0 Å². The number of hydrogen-bond acceptors (Lipinski definition) is 3. The van der Waals surface area contributed by atoms with Gasteiger partial charge in [-0.2, -0.15) is 0 Å². The first-order valence-electron chi connectivity index (χ1n) is 6.55. The summed E-state index contributed by atoms with van der Waals surface area (Å²) in [4.78, 5) is 24.3. The average Bonchev–Trinajstić information content (AvgIpc) is 2.69. The molecule has 0 aromatic heterocycles. The first kappa shape index (κ1) is 15.8. The van der Waals surface area contributed by atoms with E-state index in [1.165, 1.54) is 4.90 Å². The molecule has 6 heteroatoms. The molecular weight excluding hydrogens is 248 g/mol. The molecule has 1 aliphatic heterocycles.